The molecule has 30 heavy (non-hydrogen) atoms. The van der Waals surface area contributed by atoms with Crippen LogP contribution in [0.2, 0.25) is 10.0 Å². The number of nitrogens with one attached hydrogen (secondary N) is 2. The van der Waals surface area contributed by atoms with Gasteiger partial charge in [0.2, 0.25) is 15.9 Å². The number of amides is 1. The van der Waals surface area contributed by atoms with Crippen molar-refractivity contribution in [2.45, 2.75) is 18.9 Å². The molecule has 0 bridgehead atoms. The number of rotatable bonds is 11. The second-order valence-electron chi connectivity index (χ2n) is 6.49. The van der Waals surface area contributed by atoms with Gasteiger partial charge in [0.25, 0.3) is 0 Å². The SMILES string of the molecule is CSCC[C@@H](NS(=O)(=O)/C=C/c1ccccc1)C(=O)NCCc1ccc(Cl)cc1Cl. The van der Waals surface area contributed by atoms with Gasteiger partial charge in [-0.3, -0.25) is 4.79 Å². The van der Waals surface area contributed by atoms with Gasteiger partial charge in [-0.15, -0.1) is 0 Å². The Balaban J connectivity index is 1.97. The van der Waals surface area contributed by atoms with Crippen molar-refractivity contribution in [3.63, 3.8) is 0 Å². The Bertz CT molecular complexity index is 967. The number of thioether (sulfide) groups is 1. The summed E-state index contributed by atoms with van der Waals surface area (Å²) in [6.07, 6.45) is 4.29. The van der Waals surface area contributed by atoms with Crippen molar-refractivity contribution >= 4 is 57.0 Å². The van der Waals surface area contributed by atoms with Crippen LogP contribution in [0.4, 0.5) is 0 Å². The van der Waals surface area contributed by atoms with Crippen LogP contribution in [0.1, 0.15) is 17.5 Å². The molecule has 0 heterocycles. The normalized spacial score (nSPS) is 12.8. The van der Waals surface area contributed by atoms with Crippen molar-refractivity contribution in [2.75, 3.05) is 18.6 Å². The highest BCUT2D eigenvalue weighted by atomic mass is 35.5. The zero-order chi connectivity index (χ0) is 22.0. The molecule has 2 aromatic carbocycles. The molecule has 5 nitrogen and oxygen atoms in total. The molecule has 1 amide bonds. The number of carbonyl (C=O) groups excluding carboxylic acids is 1. The van der Waals surface area contributed by atoms with Crippen LogP contribution in [-0.2, 0) is 21.2 Å². The van der Waals surface area contributed by atoms with E-state index in [0.717, 1.165) is 16.5 Å². The van der Waals surface area contributed by atoms with Gasteiger partial charge in [0.15, 0.2) is 0 Å². The quantitative estimate of drug-likeness (QED) is 0.494. The molecule has 0 aliphatic rings. The number of benzene rings is 2. The molecule has 2 aromatic rings. The third-order valence-electron chi connectivity index (χ3n) is 4.18. The highest BCUT2D eigenvalue weighted by Crippen LogP contribution is 2.21. The Morgan fingerprint density at radius 1 is 1.17 bits per heavy atom. The van der Waals surface area contributed by atoms with Crippen molar-refractivity contribution < 1.29 is 13.2 Å². The first kappa shape index (κ1) is 24.8. The summed E-state index contributed by atoms with van der Waals surface area (Å²) >= 11 is 13.6. The highest BCUT2D eigenvalue weighted by Gasteiger charge is 2.22. The van der Waals surface area contributed by atoms with E-state index in [1.165, 1.54) is 6.08 Å². The molecule has 0 unspecified atom stereocenters. The monoisotopic (exact) mass is 486 g/mol. The highest BCUT2D eigenvalue weighted by molar-refractivity contribution is 7.98. The average molecular weight is 487 g/mol. The first-order valence-corrected chi connectivity index (χ1v) is 13.0. The summed E-state index contributed by atoms with van der Waals surface area (Å²) in [4.78, 5) is 12.6. The standard InChI is InChI=1S/C21H24Cl2N2O3S2/c1-29-13-10-20(25-30(27,28)14-11-16-5-3-2-4-6-16)21(26)24-12-9-17-7-8-18(22)15-19(17)23/h2-8,11,14-15,20,25H,9-10,12-13H2,1H3,(H,24,26)/b14-11+/t20-/m1/s1. The molecule has 1 atom stereocenters. The maximum atomic E-state index is 12.6. The summed E-state index contributed by atoms with van der Waals surface area (Å²) in [6, 6.07) is 13.4. The van der Waals surface area contributed by atoms with Gasteiger partial charge >= 0.3 is 0 Å². The fourth-order valence-corrected chi connectivity index (χ4v) is 4.63. The Morgan fingerprint density at radius 2 is 1.90 bits per heavy atom. The molecule has 0 saturated heterocycles. The third kappa shape index (κ3) is 8.70. The largest absolute Gasteiger partial charge is 0.354 e. The van der Waals surface area contributed by atoms with Crippen LogP contribution in [0.5, 0.6) is 0 Å². The molecule has 0 aliphatic carbocycles. The van der Waals surface area contributed by atoms with Gasteiger partial charge in [-0.25, -0.2) is 8.42 Å². The minimum Gasteiger partial charge on any atom is -0.354 e. The van der Waals surface area contributed by atoms with Crippen LogP contribution >= 0.6 is 35.0 Å². The molecular formula is C21H24Cl2N2O3S2. The van der Waals surface area contributed by atoms with Gasteiger partial charge in [-0.1, -0.05) is 59.6 Å². The van der Waals surface area contributed by atoms with E-state index in [9.17, 15) is 13.2 Å². The lowest BCUT2D eigenvalue weighted by Crippen LogP contribution is -2.46. The number of sulfonamides is 1. The van der Waals surface area contributed by atoms with Crippen LogP contribution in [0, 0.1) is 0 Å². The predicted molar refractivity (Wildman–Crippen MR) is 127 cm³/mol. The van der Waals surface area contributed by atoms with Gasteiger partial charge in [0.1, 0.15) is 6.04 Å². The zero-order valence-corrected chi connectivity index (χ0v) is 19.6. The number of halogens is 2. The van der Waals surface area contributed by atoms with Crippen molar-refractivity contribution in [1.82, 2.24) is 10.0 Å². The predicted octanol–water partition coefficient (Wildman–Crippen LogP) is 4.36. The number of hydrogen-bond donors (Lipinski definition) is 2. The lowest BCUT2D eigenvalue weighted by molar-refractivity contribution is -0.122. The number of carbonyl (C=O) groups is 1. The summed E-state index contributed by atoms with van der Waals surface area (Å²) < 4.78 is 27.4. The van der Waals surface area contributed by atoms with Gasteiger partial charge in [0, 0.05) is 22.0 Å². The Hall–Kier alpha value is -1.51. The summed E-state index contributed by atoms with van der Waals surface area (Å²) in [5.74, 6) is 0.275. The molecule has 0 saturated carbocycles. The van der Waals surface area contributed by atoms with E-state index >= 15 is 0 Å². The summed E-state index contributed by atoms with van der Waals surface area (Å²) in [7, 11) is -3.78. The molecule has 9 heteroatoms. The van der Waals surface area contributed by atoms with Crippen molar-refractivity contribution in [3.05, 3.63) is 75.1 Å². The van der Waals surface area contributed by atoms with E-state index in [0.29, 0.717) is 35.2 Å². The lowest BCUT2D eigenvalue weighted by atomic mass is 10.1. The Kier molecular flexibility index (Phi) is 10.2. The van der Waals surface area contributed by atoms with E-state index in [1.54, 1.807) is 42.1 Å². The van der Waals surface area contributed by atoms with Gasteiger partial charge in [0.05, 0.1) is 0 Å². The van der Waals surface area contributed by atoms with Crippen LogP contribution in [0.15, 0.2) is 53.9 Å². The third-order valence-corrected chi connectivity index (χ3v) is 6.52. The molecule has 0 radical (unpaired) electrons. The van der Waals surface area contributed by atoms with E-state index in [-0.39, 0.29) is 5.91 Å². The molecule has 2 rings (SSSR count). The smallest absolute Gasteiger partial charge is 0.238 e. The topological polar surface area (TPSA) is 75.3 Å². The van der Waals surface area contributed by atoms with Gasteiger partial charge in [-0.2, -0.15) is 16.5 Å². The second kappa shape index (κ2) is 12.4. The molecule has 2 N–H and O–H groups in total. The van der Waals surface area contributed by atoms with Crippen LogP contribution < -0.4 is 10.0 Å². The molecular weight excluding hydrogens is 463 g/mol. The van der Waals surface area contributed by atoms with E-state index in [2.05, 4.69) is 10.0 Å². The minimum atomic E-state index is -3.78. The molecule has 0 spiro atoms. The first-order valence-electron chi connectivity index (χ1n) is 9.27. The lowest BCUT2D eigenvalue weighted by Gasteiger charge is -2.17. The van der Waals surface area contributed by atoms with E-state index in [4.69, 9.17) is 23.2 Å². The fourth-order valence-electron chi connectivity index (χ4n) is 2.62. The molecule has 0 aromatic heterocycles. The number of hydrogen-bond acceptors (Lipinski definition) is 4. The van der Waals surface area contributed by atoms with Gasteiger partial charge < -0.3 is 5.32 Å². The zero-order valence-electron chi connectivity index (χ0n) is 16.5. The van der Waals surface area contributed by atoms with E-state index < -0.39 is 16.1 Å². The molecule has 0 fully saturated rings. The molecule has 0 aliphatic heterocycles. The second-order valence-corrected chi connectivity index (χ2v) is 9.91. The molecule has 162 valence electrons. The summed E-state index contributed by atoms with van der Waals surface area (Å²) in [5.41, 5.74) is 1.61. The van der Waals surface area contributed by atoms with Crippen LogP contribution in [0.25, 0.3) is 6.08 Å². The van der Waals surface area contributed by atoms with Crippen molar-refractivity contribution in [1.29, 1.82) is 0 Å². The van der Waals surface area contributed by atoms with E-state index in [1.807, 2.05) is 24.5 Å². The van der Waals surface area contributed by atoms with Gasteiger partial charge in [-0.05, 0) is 54.2 Å². The van der Waals surface area contributed by atoms with Crippen LogP contribution in [0.3, 0.4) is 0 Å². The first-order chi connectivity index (χ1) is 14.3. The maximum absolute atomic E-state index is 12.6. The fraction of sp³-hybridized carbons (Fsp3) is 0.286. The van der Waals surface area contributed by atoms with Crippen LogP contribution in [-0.4, -0.2) is 38.9 Å². The van der Waals surface area contributed by atoms with Crippen molar-refractivity contribution in [2.24, 2.45) is 0 Å². The Morgan fingerprint density at radius 3 is 2.57 bits per heavy atom. The average Bonchev–Trinajstić information content (AvgIpc) is 2.72. The minimum absolute atomic E-state index is 0.331. The Labute approximate surface area is 192 Å². The summed E-state index contributed by atoms with van der Waals surface area (Å²) in [6.45, 7) is 0.331. The van der Waals surface area contributed by atoms with Crippen molar-refractivity contribution in [3.8, 4) is 0 Å². The maximum Gasteiger partial charge on any atom is 0.238 e. The summed E-state index contributed by atoms with van der Waals surface area (Å²) in [5, 5.41) is 4.94.